The predicted octanol–water partition coefficient (Wildman–Crippen LogP) is 2.17. The highest BCUT2D eigenvalue weighted by atomic mass is 16.3. The second-order valence-corrected chi connectivity index (χ2v) is 4.92. The number of hydrogen-bond acceptors (Lipinski definition) is 2. The van der Waals surface area contributed by atoms with Crippen molar-refractivity contribution < 1.29 is 9.90 Å². The quantitative estimate of drug-likeness (QED) is 0.810. The summed E-state index contributed by atoms with van der Waals surface area (Å²) in [5, 5.41) is 8.71. The van der Waals surface area contributed by atoms with Gasteiger partial charge in [0.15, 0.2) is 0 Å². The molecule has 1 N–H and O–H groups in total. The number of carbonyl (C=O) groups is 1. The van der Waals surface area contributed by atoms with E-state index in [0.717, 1.165) is 32.4 Å². The van der Waals surface area contributed by atoms with Gasteiger partial charge in [-0.3, -0.25) is 4.79 Å². The maximum absolute atomic E-state index is 11.9. The highest BCUT2D eigenvalue weighted by Gasteiger charge is 2.26. The van der Waals surface area contributed by atoms with E-state index in [0.29, 0.717) is 12.3 Å². The van der Waals surface area contributed by atoms with Crippen LogP contribution < -0.4 is 0 Å². The second kappa shape index (κ2) is 6.55. The summed E-state index contributed by atoms with van der Waals surface area (Å²) >= 11 is 0. The zero-order valence-electron chi connectivity index (χ0n) is 10.7. The lowest BCUT2D eigenvalue weighted by atomic mass is 9.99. The van der Waals surface area contributed by atoms with Gasteiger partial charge in [0.1, 0.15) is 0 Å². The molecule has 1 atom stereocenters. The number of amides is 1. The van der Waals surface area contributed by atoms with E-state index in [-0.39, 0.29) is 12.5 Å². The number of aliphatic hydroxyl groups is 1. The van der Waals surface area contributed by atoms with Gasteiger partial charge in [0, 0.05) is 32.0 Å². The Hall–Kier alpha value is -1.35. The lowest BCUT2D eigenvalue weighted by molar-refractivity contribution is -0.130. The van der Waals surface area contributed by atoms with Crippen LogP contribution in [0.2, 0.25) is 0 Å². The van der Waals surface area contributed by atoms with E-state index in [4.69, 9.17) is 5.11 Å². The molecule has 18 heavy (non-hydrogen) atoms. The fraction of sp³-hybridized carbons (Fsp3) is 0.533. The minimum absolute atomic E-state index is 0.180. The molecule has 3 heteroatoms. The Morgan fingerprint density at radius 3 is 2.78 bits per heavy atom. The van der Waals surface area contributed by atoms with Crippen LogP contribution in [-0.2, 0) is 4.79 Å². The molecular formula is C15H21NO2. The van der Waals surface area contributed by atoms with Crippen LogP contribution in [0.4, 0.5) is 0 Å². The van der Waals surface area contributed by atoms with Crippen LogP contribution in [0.25, 0.3) is 0 Å². The van der Waals surface area contributed by atoms with Gasteiger partial charge in [-0.2, -0.15) is 0 Å². The van der Waals surface area contributed by atoms with Crippen molar-refractivity contribution in [1.29, 1.82) is 0 Å². The Balaban J connectivity index is 1.83. The lowest BCUT2D eigenvalue weighted by Gasteiger charge is -2.16. The Morgan fingerprint density at radius 2 is 2.06 bits per heavy atom. The average molecular weight is 247 g/mol. The molecule has 2 rings (SSSR count). The summed E-state index contributed by atoms with van der Waals surface area (Å²) in [6.07, 6.45) is 3.15. The molecule has 1 amide bonds. The number of aliphatic hydroxyl groups excluding tert-OH is 1. The van der Waals surface area contributed by atoms with Crippen molar-refractivity contribution >= 4 is 5.91 Å². The summed E-state index contributed by atoms with van der Waals surface area (Å²) in [6.45, 7) is 1.90. The van der Waals surface area contributed by atoms with Gasteiger partial charge < -0.3 is 10.0 Å². The molecule has 1 unspecified atom stereocenters. The van der Waals surface area contributed by atoms with Crippen molar-refractivity contribution in [3.05, 3.63) is 35.9 Å². The minimum Gasteiger partial charge on any atom is -0.396 e. The first-order chi connectivity index (χ1) is 8.81. The average Bonchev–Trinajstić information content (AvgIpc) is 2.89. The highest BCUT2D eigenvalue weighted by molar-refractivity contribution is 5.76. The van der Waals surface area contributed by atoms with Crippen LogP contribution in [-0.4, -0.2) is 35.6 Å². The smallest absolute Gasteiger partial charge is 0.222 e. The van der Waals surface area contributed by atoms with Crippen LogP contribution in [0.1, 0.15) is 37.2 Å². The summed E-state index contributed by atoms with van der Waals surface area (Å²) in [5.41, 5.74) is 1.34. The number of carbonyl (C=O) groups excluding carboxylic acids is 1. The van der Waals surface area contributed by atoms with Crippen LogP contribution in [0.5, 0.6) is 0 Å². The van der Waals surface area contributed by atoms with E-state index in [1.54, 1.807) is 0 Å². The Bertz CT molecular complexity index is 377. The summed E-state index contributed by atoms with van der Waals surface area (Å²) < 4.78 is 0. The zero-order valence-corrected chi connectivity index (χ0v) is 10.7. The van der Waals surface area contributed by atoms with Crippen molar-refractivity contribution in [2.45, 2.75) is 31.6 Å². The van der Waals surface area contributed by atoms with E-state index in [1.807, 2.05) is 11.0 Å². The third-order valence-corrected chi connectivity index (χ3v) is 3.61. The molecule has 1 aromatic rings. The fourth-order valence-corrected chi connectivity index (χ4v) is 2.53. The Morgan fingerprint density at radius 1 is 1.28 bits per heavy atom. The van der Waals surface area contributed by atoms with Crippen molar-refractivity contribution in [2.24, 2.45) is 0 Å². The molecule has 0 aromatic heterocycles. The molecule has 1 aliphatic heterocycles. The van der Waals surface area contributed by atoms with Crippen LogP contribution in [0.15, 0.2) is 30.3 Å². The van der Waals surface area contributed by atoms with Crippen molar-refractivity contribution in [1.82, 2.24) is 4.90 Å². The molecule has 1 saturated heterocycles. The number of nitrogens with zero attached hydrogens (tertiary/aromatic N) is 1. The first kappa shape index (κ1) is 13.1. The summed E-state index contributed by atoms with van der Waals surface area (Å²) in [7, 11) is 0. The number of likely N-dealkylation sites (tertiary alicyclic amines) is 1. The Labute approximate surface area is 108 Å². The highest BCUT2D eigenvalue weighted by Crippen LogP contribution is 2.27. The van der Waals surface area contributed by atoms with Gasteiger partial charge in [0.2, 0.25) is 5.91 Å². The fourth-order valence-electron chi connectivity index (χ4n) is 2.53. The van der Waals surface area contributed by atoms with E-state index in [1.165, 1.54) is 5.56 Å². The van der Waals surface area contributed by atoms with Crippen LogP contribution >= 0.6 is 0 Å². The summed E-state index contributed by atoms with van der Waals surface area (Å²) in [5.74, 6) is 0.731. The first-order valence-electron chi connectivity index (χ1n) is 6.75. The predicted molar refractivity (Wildman–Crippen MR) is 71.3 cm³/mol. The van der Waals surface area contributed by atoms with Crippen LogP contribution in [0.3, 0.4) is 0 Å². The standard InChI is InChI=1S/C15H21NO2/c17-11-5-4-8-15(18)16-10-9-14(12-16)13-6-2-1-3-7-13/h1-3,6-7,14,17H,4-5,8-12H2. The molecule has 0 radical (unpaired) electrons. The van der Waals surface area contributed by atoms with E-state index < -0.39 is 0 Å². The molecule has 98 valence electrons. The molecule has 1 aliphatic rings. The third-order valence-electron chi connectivity index (χ3n) is 3.61. The lowest BCUT2D eigenvalue weighted by Crippen LogP contribution is -2.28. The molecule has 1 aromatic carbocycles. The minimum atomic E-state index is 0.180. The zero-order chi connectivity index (χ0) is 12.8. The Kier molecular flexibility index (Phi) is 4.76. The number of rotatable bonds is 5. The molecule has 3 nitrogen and oxygen atoms in total. The number of benzene rings is 1. The van der Waals surface area contributed by atoms with Gasteiger partial charge in [0.05, 0.1) is 0 Å². The van der Waals surface area contributed by atoms with Crippen molar-refractivity contribution in [2.75, 3.05) is 19.7 Å². The molecule has 1 fully saturated rings. The van der Waals surface area contributed by atoms with Gasteiger partial charge in [-0.1, -0.05) is 30.3 Å². The van der Waals surface area contributed by atoms with Gasteiger partial charge in [0.25, 0.3) is 0 Å². The largest absolute Gasteiger partial charge is 0.396 e. The van der Waals surface area contributed by atoms with Crippen molar-refractivity contribution in [3.8, 4) is 0 Å². The molecule has 0 saturated carbocycles. The SMILES string of the molecule is O=C(CCCCO)N1CCC(c2ccccc2)C1. The monoisotopic (exact) mass is 247 g/mol. The normalized spacial score (nSPS) is 19.2. The molecular weight excluding hydrogens is 226 g/mol. The van der Waals surface area contributed by atoms with E-state index in [9.17, 15) is 4.79 Å². The molecule has 1 heterocycles. The van der Waals surface area contributed by atoms with Gasteiger partial charge in [-0.25, -0.2) is 0 Å². The summed E-state index contributed by atoms with van der Waals surface area (Å²) in [6, 6.07) is 10.4. The van der Waals surface area contributed by atoms with Gasteiger partial charge in [-0.15, -0.1) is 0 Å². The number of unbranched alkanes of at least 4 members (excludes halogenated alkanes) is 1. The second-order valence-electron chi connectivity index (χ2n) is 4.92. The topological polar surface area (TPSA) is 40.5 Å². The first-order valence-corrected chi connectivity index (χ1v) is 6.75. The van der Waals surface area contributed by atoms with Gasteiger partial charge in [-0.05, 0) is 24.8 Å². The van der Waals surface area contributed by atoms with E-state index in [2.05, 4.69) is 24.3 Å². The maximum atomic E-state index is 11.9. The maximum Gasteiger partial charge on any atom is 0.222 e. The van der Waals surface area contributed by atoms with Crippen molar-refractivity contribution in [3.63, 3.8) is 0 Å². The van der Waals surface area contributed by atoms with Crippen LogP contribution in [0, 0.1) is 0 Å². The third kappa shape index (κ3) is 3.33. The van der Waals surface area contributed by atoms with Gasteiger partial charge >= 0.3 is 0 Å². The molecule has 0 spiro atoms. The summed E-state index contributed by atoms with van der Waals surface area (Å²) in [4.78, 5) is 13.9. The van der Waals surface area contributed by atoms with E-state index >= 15 is 0 Å². The molecule has 0 aliphatic carbocycles. The number of hydrogen-bond donors (Lipinski definition) is 1. The molecule has 0 bridgehead atoms.